The molecule has 0 aromatic carbocycles. The third-order valence-corrected chi connectivity index (χ3v) is 4.18. The third-order valence-electron chi connectivity index (χ3n) is 3.73. The number of nitrogens with zero attached hydrogens (tertiary/aromatic N) is 2. The van der Waals surface area contributed by atoms with Crippen molar-refractivity contribution < 1.29 is 5.11 Å². The Bertz CT molecular complexity index is 394. The zero-order valence-corrected chi connectivity index (χ0v) is 11.5. The Morgan fingerprint density at radius 2 is 1.94 bits per heavy atom. The van der Waals surface area contributed by atoms with Crippen molar-refractivity contribution in [2.45, 2.75) is 51.6 Å². The maximum Gasteiger partial charge on any atom is 0.132 e. The zero-order chi connectivity index (χ0) is 12.6. The summed E-state index contributed by atoms with van der Waals surface area (Å²) in [5.74, 6) is 0.647. The molecule has 96 valence electrons. The molecule has 1 aliphatic rings. The van der Waals surface area contributed by atoms with E-state index in [1.807, 2.05) is 7.05 Å². The van der Waals surface area contributed by atoms with Crippen LogP contribution in [-0.4, -0.2) is 14.9 Å². The number of halogens is 1. The normalized spacial score (nSPS) is 19.2. The van der Waals surface area contributed by atoms with E-state index in [1.54, 1.807) is 4.68 Å². The molecule has 1 unspecified atom stereocenters. The highest BCUT2D eigenvalue weighted by atomic mass is 35.5. The van der Waals surface area contributed by atoms with Gasteiger partial charge in [0.15, 0.2) is 0 Å². The summed E-state index contributed by atoms with van der Waals surface area (Å²) >= 11 is 6.27. The molecule has 17 heavy (non-hydrogen) atoms. The van der Waals surface area contributed by atoms with E-state index in [2.05, 4.69) is 18.9 Å². The number of aromatic nitrogens is 2. The Morgan fingerprint density at radius 3 is 2.47 bits per heavy atom. The topological polar surface area (TPSA) is 38.0 Å². The second-order valence-electron chi connectivity index (χ2n) is 5.36. The Labute approximate surface area is 108 Å². The first-order valence-electron chi connectivity index (χ1n) is 6.42. The molecule has 0 saturated heterocycles. The molecule has 1 heterocycles. The van der Waals surface area contributed by atoms with Gasteiger partial charge in [0.05, 0.1) is 11.8 Å². The lowest BCUT2D eigenvalue weighted by molar-refractivity contribution is 0.110. The number of aryl methyl sites for hydroxylation is 1. The number of aliphatic hydroxyl groups is 1. The van der Waals surface area contributed by atoms with E-state index in [1.165, 1.54) is 12.8 Å². The van der Waals surface area contributed by atoms with E-state index in [-0.39, 0.29) is 0 Å². The fraction of sp³-hybridized carbons (Fsp3) is 0.769. The maximum atomic E-state index is 10.5. The Kier molecular flexibility index (Phi) is 3.79. The first-order chi connectivity index (χ1) is 8.02. The van der Waals surface area contributed by atoms with Crippen LogP contribution in [0.4, 0.5) is 0 Å². The predicted molar refractivity (Wildman–Crippen MR) is 69.2 cm³/mol. The summed E-state index contributed by atoms with van der Waals surface area (Å²) in [5, 5.41) is 15.5. The van der Waals surface area contributed by atoms with Crippen LogP contribution in [0.1, 0.15) is 62.8 Å². The van der Waals surface area contributed by atoms with E-state index in [0.717, 1.165) is 24.1 Å². The van der Waals surface area contributed by atoms with Gasteiger partial charge in [0, 0.05) is 12.6 Å². The van der Waals surface area contributed by atoms with Crippen molar-refractivity contribution in [1.29, 1.82) is 0 Å². The first kappa shape index (κ1) is 12.9. The number of hydrogen-bond acceptors (Lipinski definition) is 2. The standard InChI is InChI=1S/C13H21ClN2O/c1-8(2)11-10(13(14)16(3)15-11)12(17)9-6-4-5-7-9/h8-9,12,17H,4-7H2,1-3H3. The summed E-state index contributed by atoms with van der Waals surface area (Å²) in [6.07, 6.45) is 4.19. The molecule has 1 aliphatic carbocycles. The molecule has 4 heteroatoms. The van der Waals surface area contributed by atoms with Gasteiger partial charge in [0.25, 0.3) is 0 Å². The fourth-order valence-corrected chi connectivity index (χ4v) is 2.99. The monoisotopic (exact) mass is 256 g/mol. The summed E-state index contributed by atoms with van der Waals surface area (Å²) in [7, 11) is 1.83. The molecule has 0 amide bonds. The summed E-state index contributed by atoms with van der Waals surface area (Å²) < 4.78 is 1.67. The highest BCUT2D eigenvalue weighted by molar-refractivity contribution is 6.30. The van der Waals surface area contributed by atoms with Crippen LogP contribution in [-0.2, 0) is 7.05 Å². The van der Waals surface area contributed by atoms with Crippen molar-refractivity contribution in [1.82, 2.24) is 9.78 Å². The SMILES string of the molecule is CC(C)c1nn(C)c(Cl)c1C(O)C1CCCC1. The van der Waals surface area contributed by atoms with Crippen LogP contribution in [0, 0.1) is 5.92 Å². The van der Waals surface area contributed by atoms with Crippen LogP contribution in [0.5, 0.6) is 0 Å². The molecule has 3 nitrogen and oxygen atoms in total. The van der Waals surface area contributed by atoms with Gasteiger partial charge in [-0.1, -0.05) is 38.3 Å². The molecule has 1 fully saturated rings. The van der Waals surface area contributed by atoms with Crippen LogP contribution >= 0.6 is 11.6 Å². The van der Waals surface area contributed by atoms with Crippen LogP contribution < -0.4 is 0 Å². The maximum absolute atomic E-state index is 10.5. The smallest absolute Gasteiger partial charge is 0.132 e. The van der Waals surface area contributed by atoms with E-state index < -0.39 is 6.10 Å². The summed E-state index contributed by atoms with van der Waals surface area (Å²) in [5.41, 5.74) is 1.80. The van der Waals surface area contributed by atoms with Crippen LogP contribution in [0.25, 0.3) is 0 Å². The molecule has 1 atom stereocenters. The highest BCUT2D eigenvalue weighted by Crippen LogP contribution is 2.40. The number of aliphatic hydroxyl groups excluding tert-OH is 1. The highest BCUT2D eigenvalue weighted by Gasteiger charge is 2.31. The van der Waals surface area contributed by atoms with E-state index in [9.17, 15) is 5.11 Å². The quantitative estimate of drug-likeness (QED) is 0.900. The van der Waals surface area contributed by atoms with E-state index in [0.29, 0.717) is 17.0 Å². The molecule has 0 radical (unpaired) electrons. The third kappa shape index (κ3) is 2.36. The van der Waals surface area contributed by atoms with Gasteiger partial charge in [-0.05, 0) is 24.7 Å². The van der Waals surface area contributed by atoms with Gasteiger partial charge < -0.3 is 5.11 Å². The molecular formula is C13H21ClN2O. The van der Waals surface area contributed by atoms with E-state index >= 15 is 0 Å². The second-order valence-corrected chi connectivity index (χ2v) is 5.72. The fourth-order valence-electron chi connectivity index (χ4n) is 2.75. The zero-order valence-electron chi connectivity index (χ0n) is 10.8. The van der Waals surface area contributed by atoms with Crippen LogP contribution in [0.15, 0.2) is 0 Å². The first-order valence-corrected chi connectivity index (χ1v) is 6.80. The average molecular weight is 257 g/mol. The Hall–Kier alpha value is -0.540. The summed E-state index contributed by atoms with van der Waals surface area (Å²) in [6, 6.07) is 0. The van der Waals surface area contributed by atoms with Gasteiger partial charge in [-0.25, -0.2) is 0 Å². The van der Waals surface area contributed by atoms with Crippen LogP contribution in [0.2, 0.25) is 5.15 Å². The van der Waals surface area contributed by atoms with E-state index in [4.69, 9.17) is 11.6 Å². The number of rotatable bonds is 3. The molecular weight excluding hydrogens is 236 g/mol. The van der Waals surface area contributed by atoms with Gasteiger partial charge >= 0.3 is 0 Å². The molecule has 0 bridgehead atoms. The van der Waals surface area contributed by atoms with Gasteiger partial charge in [-0.3, -0.25) is 4.68 Å². The van der Waals surface area contributed by atoms with Crippen molar-refractivity contribution in [3.63, 3.8) is 0 Å². The lowest BCUT2D eigenvalue weighted by Gasteiger charge is -2.19. The summed E-state index contributed by atoms with van der Waals surface area (Å²) in [6.45, 7) is 4.17. The molecule has 0 spiro atoms. The van der Waals surface area contributed by atoms with Gasteiger partial charge in [-0.2, -0.15) is 5.10 Å². The van der Waals surface area contributed by atoms with Gasteiger partial charge in [-0.15, -0.1) is 0 Å². The van der Waals surface area contributed by atoms with Crippen molar-refractivity contribution in [2.24, 2.45) is 13.0 Å². The minimum absolute atomic E-state index is 0.291. The number of hydrogen-bond donors (Lipinski definition) is 1. The molecule has 1 aromatic heterocycles. The molecule has 2 rings (SSSR count). The minimum Gasteiger partial charge on any atom is -0.388 e. The molecule has 0 aliphatic heterocycles. The Balaban J connectivity index is 2.35. The molecule has 1 saturated carbocycles. The lowest BCUT2D eigenvalue weighted by Crippen LogP contribution is -2.11. The molecule has 1 N–H and O–H groups in total. The predicted octanol–water partition coefficient (Wildman–Crippen LogP) is 3.42. The van der Waals surface area contributed by atoms with Gasteiger partial charge in [0.2, 0.25) is 0 Å². The minimum atomic E-state index is -0.448. The van der Waals surface area contributed by atoms with Crippen molar-refractivity contribution in [3.05, 3.63) is 16.4 Å². The Morgan fingerprint density at radius 1 is 1.35 bits per heavy atom. The second kappa shape index (κ2) is 4.99. The lowest BCUT2D eigenvalue weighted by atomic mass is 9.92. The van der Waals surface area contributed by atoms with Crippen molar-refractivity contribution in [3.8, 4) is 0 Å². The van der Waals surface area contributed by atoms with Crippen molar-refractivity contribution in [2.75, 3.05) is 0 Å². The van der Waals surface area contributed by atoms with Crippen LogP contribution in [0.3, 0.4) is 0 Å². The average Bonchev–Trinajstić information content (AvgIpc) is 2.88. The largest absolute Gasteiger partial charge is 0.388 e. The molecule has 1 aromatic rings. The van der Waals surface area contributed by atoms with Crippen molar-refractivity contribution >= 4 is 11.6 Å². The summed E-state index contributed by atoms with van der Waals surface area (Å²) in [4.78, 5) is 0. The van der Waals surface area contributed by atoms with Gasteiger partial charge in [0.1, 0.15) is 5.15 Å².